The summed E-state index contributed by atoms with van der Waals surface area (Å²) in [6.45, 7) is 4.37. The van der Waals surface area contributed by atoms with Gasteiger partial charge in [-0.05, 0) is 62.1 Å². The zero-order valence-corrected chi connectivity index (χ0v) is 24.8. The zero-order valence-electron chi connectivity index (χ0n) is 24.0. The quantitative estimate of drug-likeness (QED) is 0.386. The highest BCUT2D eigenvalue weighted by Crippen LogP contribution is 2.36. The Morgan fingerprint density at radius 1 is 0.929 bits per heavy atom. The van der Waals surface area contributed by atoms with Crippen molar-refractivity contribution in [1.82, 2.24) is 14.1 Å². The molecule has 1 atom stereocenters. The van der Waals surface area contributed by atoms with Gasteiger partial charge < -0.3 is 19.1 Å². The Hall–Kier alpha value is -3.71. The van der Waals surface area contributed by atoms with Crippen LogP contribution in [-0.2, 0) is 22.9 Å². The smallest absolute Gasteiger partial charge is 0.316 e. The lowest BCUT2D eigenvalue weighted by Gasteiger charge is -2.37. The molecule has 1 aliphatic carbocycles. The monoisotopic (exact) mass is 604 g/mol. The Morgan fingerprint density at radius 3 is 2.14 bits per heavy atom. The summed E-state index contributed by atoms with van der Waals surface area (Å²) in [5, 5.41) is 3.67. The molecule has 0 bridgehead atoms. The van der Waals surface area contributed by atoms with Gasteiger partial charge in [0.05, 0.1) is 31.4 Å². The Kier molecular flexibility index (Phi) is 8.42. The molecule has 1 unspecified atom stereocenters. The van der Waals surface area contributed by atoms with E-state index in [0.29, 0.717) is 55.6 Å². The number of aromatic nitrogens is 2. The Balaban J connectivity index is 1.49. The lowest BCUT2D eigenvalue weighted by molar-refractivity contribution is 0.181. The molecule has 2 aromatic carbocycles. The molecule has 1 aliphatic heterocycles. The van der Waals surface area contributed by atoms with Gasteiger partial charge >= 0.3 is 5.56 Å². The molecular formula is C29H34F2N4O6S. The summed E-state index contributed by atoms with van der Waals surface area (Å²) in [6.07, 6.45) is 2.82. The third-order valence-electron chi connectivity index (χ3n) is 7.72. The molecule has 0 amide bonds. The fourth-order valence-corrected chi connectivity index (χ4v) is 6.68. The maximum absolute atomic E-state index is 14.0. The first kappa shape index (κ1) is 29.8. The van der Waals surface area contributed by atoms with Crippen molar-refractivity contribution < 1.29 is 31.4 Å². The van der Waals surface area contributed by atoms with Gasteiger partial charge in [0.1, 0.15) is 23.4 Å². The van der Waals surface area contributed by atoms with E-state index < -0.39 is 32.5 Å². The van der Waals surface area contributed by atoms with Crippen molar-refractivity contribution >= 4 is 15.7 Å². The highest BCUT2D eigenvalue weighted by atomic mass is 32.2. The van der Waals surface area contributed by atoms with Crippen molar-refractivity contribution in [3.8, 4) is 22.9 Å². The predicted molar refractivity (Wildman–Crippen MR) is 154 cm³/mol. The van der Waals surface area contributed by atoms with E-state index in [1.54, 1.807) is 28.1 Å². The highest BCUT2D eigenvalue weighted by Gasteiger charge is 2.32. The summed E-state index contributed by atoms with van der Waals surface area (Å²) in [5.41, 5.74) is 1.74. The number of sulfonamides is 1. The molecule has 3 aromatic rings. The van der Waals surface area contributed by atoms with E-state index in [-0.39, 0.29) is 30.6 Å². The number of hydrogen-bond acceptors (Lipinski definition) is 8. The second-order valence-corrected chi connectivity index (χ2v) is 13.1. The maximum Gasteiger partial charge on any atom is 0.316 e. The van der Waals surface area contributed by atoms with Gasteiger partial charge in [-0.15, -0.1) is 0 Å². The maximum atomic E-state index is 14.0. The molecule has 1 aromatic heterocycles. The minimum absolute atomic E-state index is 0.0104. The number of nitrogens with zero attached hydrogens (tertiary/aromatic N) is 4. The Morgan fingerprint density at radius 2 is 1.55 bits per heavy atom. The number of anilines is 1. The number of piperazine rings is 1. The summed E-state index contributed by atoms with van der Waals surface area (Å²) in [5.74, 6) is -0.479. The molecule has 226 valence electrons. The fraction of sp³-hybridized carbons (Fsp3) is 0.448. The summed E-state index contributed by atoms with van der Waals surface area (Å²) < 4.78 is 73.1. The van der Waals surface area contributed by atoms with Gasteiger partial charge in [-0.2, -0.15) is 14.1 Å². The van der Waals surface area contributed by atoms with Crippen molar-refractivity contribution in [2.75, 3.05) is 45.3 Å². The lowest BCUT2D eigenvalue weighted by atomic mass is 9.89. The zero-order chi connectivity index (χ0) is 30.2. The van der Waals surface area contributed by atoms with E-state index in [4.69, 9.17) is 14.2 Å². The number of methoxy groups -OCH3 is 2. The number of hydrogen-bond donors (Lipinski definition) is 0. The molecule has 2 aliphatic rings. The van der Waals surface area contributed by atoms with E-state index in [1.807, 2.05) is 17.0 Å². The predicted octanol–water partition coefficient (Wildman–Crippen LogP) is 3.32. The lowest BCUT2D eigenvalue weighted by Crippen LogP contribution is -2.50. The van der Waals surface area contributed by atoms with Crippen LogP contribution in [0.1, 0.15) is 31.4 Å². The summed E-state index contributed by atoms with van der Waals surface area (Å²) in [6, 6.07) is 6.60. The molecule has 2 heterocycles. The second kappa shape index (κ2) is 11.9. The fourth-order valence-electron chi connectivity index (χ4n) is 5.41. The van der Waals surface area contributed by atoms with Crippen molar-refractivity contribution in [2.24, 2.45) is 0 Å². The van der Waals surface area contributed by atoms with Gasteiger partial charge in [0.15, 0.2) is 11.5 Å². The molecule has 1 fully saturated rings. The van der Waals surface area contributed by atoms with Gasteiger partial charge in [0.2, 0.25) is 15.8 Å². The van der Waals surface area contributed by atoms with E-state index >= 15 is 0 Å². The van der Waals surface area contributed by atoms with E-state index in [1.165, 1.54) is 10.5 Å². The number of halogens is 2. The van der Waals surface area contributed by atoms with Crippen LogP contribution in [0, 0.1) is 11.6 Å². The number of fused-ring (bicyclic) bond motifs is 1. The number of aryl methyl sites for hydroxylation is 1. The third-order valence-corrected chi connectivity index (χ3v) is 9.99. The van der Waals surface area contributed by atoms with Gasteiger partial charge in [-0.3, -0.25) is 4.79 Å². The van der Waals surface area contributed by atoms with Gasteiger partial charge in [-0.25, -0.2) is 17.2 Å². The molecule has 0 radical (unpaired) electrons. The first-order valence-electron chi connectivity index (χ1n) is 13.7. The Bertz CT molecular complexity index is 1620. The molecule has 13 heteroatoms. The second-order valence-electron chi connectivity index (χ2n) is 10.6. The normalized spacial score (nSPS) is 17.7. The van der Waals surface area contributed by atoms with Crippen LogP contribution >= 0.6 is 0 Å². The first-order valence-corrected chi connectivity index (χ1v) is 15.2. The van der Waals surface area contributed by atoms with E-state index in [2.05, 4.69) is 5.10 Å². The molecule has 0 saturated carbocycles. The van der Waals surface area contributed by atoms with Gasteiger partial charge in [0.25, 0.3) is 0 Å². The standard InChI is InChI=1S/C29H34F2N4O6S/c1-18(2)42(37,38)34-9-7-33(8-10-34)25-17-32-35(23-15-21(30)14-22(31)16-23)29(36)28(25)41-24-6-5-19-12-26(39-3)27(40-4)13-20(19)11-24/h12-18,24H,5-11H2,1-4H3. The van der Waals surface area contributed by atoms with Crippen LogP contribution in [0.5, 0.6) is 17.2 Å². The minimum Gasteiger partial charge on any atom is -0.493 e. The topological polar surface area (TPSA) is 103 Å². The van der Waals surface area contributed by atoms with Crippen LogP contribution < -0.4 is 24.7 Å². The largest absolute Gasteiger partial charge is 0.493 e. The average Bonchev–Trinajstić information content (AvgIpc) is 2.96. The molecule has 1 saturated heterocycles. The number of rotatable bonds is 8. The SMILES string of the molecule is COc1cc2c(cc1OC)CC(Oc1c(N3CCN(S(=O)(=O)C(C)C)CC3)cnn(-c3cc(F)cc(F)c3)c1=O)CC2. The van der Waals surface area contributed by atoms with Crippen LogP contribution in [0.2, 0.25) is 0 Å². The third kappa shape index (κ3) is 5.80. The van der Waals surface area contributed by atoms with E-state index in [9.17, 15) is 22.0 Å². The molecule has 0 N–H and O–H groups in total. The minimum atomic E-state index is -3.43. The molecule has 0 spiro atoms. The average molecular weight is 605 g/mol. The first-order chi connectivity index (χ1) is 20.0. The number of benzene rings is 2. The summed E-state index contributed by atoms with van der Waals surface area (Å²) >= 11 is 0. The van der Waals surface area contributed by atoms with Gasteiger partial charge in [0, 0.05) is 38.7 Å². The van der Waals surface area contributed by atoms with Crippen LogP contribution in [-0.4, -0.2) is 74.3 Å². The Labute approximate surface area is 243 Å². The molecule has 42 heavy (non-hydrogen) atoms. The van der Waals surface area contributed by atoms with Gasteiger partial charge in [-0.1, -0.05) is 0 Å². The van der Waals surface area contributed by atoms with Crippen LogP contribution in [0.3, 0.4) is 0 Å². The molecule has 5 rings (SSSR count). The summed E-state index contributed by atoms with van der Waals surface area (Å²) in [7, 11) is -0.288. The van der Waals surface area contributed by atoms with Crippen molar-refractivity contribution in [3.63, 3.8) is 0 Å². The van der Waals surface area contributed by atoms with Crippen LogP contribution in [0.25, 0.3) is 5.69 Å². The summed E-state index contributed by atoms with van der Waals surface area (Å²) in [4.78, 5) is 15.7. The van der Waals surface area contributed by atoms with E-state index in [0.717, 1.165) is 27.9 Å². The van der Waals surface area contributed by atoms with Crippen LogP contribution in [0.4, 0.5) is 14.5 Å². The molecule has 10 nitrogen and oxygen atoms in total. The highest BCUT2D eigenvalue weighted by molar-refractivity contribution is 7.89. The van der Waals surface area contributed by atoms with Crippen molar-refractivity contribution in [2.45, 2.75) is 44.5 Å². The van der Waals surface area contributed by atoms with Crippen LogP contribution in [0.15, 0.2) is 41.3 Å². The van der Waals surface area contributed by atoms with Crippen molar-refractivity contribution in [1.29, 1.82) is 0 Å². The number of ether oxygens (including phenoxy) is 3. The van der Waals surface area contributed by atoms with Crippen molar-refractivity contribution in [3.05, 3.63) is 69.6 Å². The molecular weight excluding hydrogens is 570 g/mol.